The molecule has 2 saturated heterocycles. The highest BCUT2D eigenvalue weighted by atomic mass is 16.5. The van der Waals surface area contributed by atoms with Crippen LogP contribution in [0.25, 0.3) is 5.76 Å². The van der Waals surface area contributed by atoms with Gasteiger partial charge in [-0.25, -0.2) is 0 Å². The SMILES string of the molecule is Cc1ccccc1COc1ccc(/C(O)=C2\C(=O)C(=O)N(CCCN3CCOCC3)[C@@H]2c2ccc(O)cc2)cc1. The van der Waals surface area contributed by atoms with Crippen molar-refractivity contribution in [3.8, 4) is 11.5 Å². The second-order valence-electron chi connectivity index (χ2n) is 10.1. The van der Waals surface area contributed by atoms with Crippen molar-refractivity contribution >= 4 is 17.4 Å². The molecule has 0 radical (unpaired) electrons. The summed E-state index contributed by atoms with van der Waals surface area (Å²) in [6.07, 6.45) is 0.675. The molecule has 2 heterocycles. The molecule has 1 atom stereocenters. The van der Waals surface area contributed by atoms with Crippen molar-refractivity contribution in [2.75, 3.05) is 39.4 Å². The van der Waals surface area contributed by atoms with Crippen LogP contribution < -0.4 is 4.74 Å². The van der Waals surface area contributed by atoms with Crippen LogP contribution in [0.3, 0.4) is 0 Å². The Morgan fingerprint density at radius 3 is 2.35 bits per heavy atom. The van der Waals surface area contributed by atoms with Gasteiger partial charge < -0.3 is 24.6 Å². The zero-order chi connectivity index (χ0) is 28.1. The Labute approximate surface area is 234 Å². The summed E-state index contributed by atoms with van der Waals surface area (Å²) >= 11 is 0. The van der Waals surface area contributed by atoms with E-state index in [1.807, 2.05) is 31.2 Å². The lowest BCUT2D eigenvalue weighted by molar-refractivity contribution is -0.140. The van der Waals surface area contributed by atoms with E-state index in [2.05, 4.69) is 4.90 Å². The largest absolute Gasteiger partial charge is 0.508 e. The number of carbonyl (C=O) groups is 2. The summed E-state index contributed by atoms with van der Waals surface area (Å²) in [7, 11) is 0. The molecule has 8 heteroatoms. The smallest absolute Gasteiger partial charge is 0.295 e. The molecule has 0 bridgehead atoms. The molecule has 3 aromatic carbocycles. The fourth-order valence-corrected chi connectivity index (χ4v) is 5.20. The van der Waals surface area contributed by atoms with Gasteiger partial charge in [0.1, 0.15) is 23.9 Å². The van der Waals surface area contributed by atoms with E-state index >= 15 is 0 Å². The highest BCUT2D eigenvalue weighted by Crippen LogP contribution is 2.40. The lowest BCUT2D eigenvalue weighted by atomic mass is 9.95. The third-order valence-corrected chi connectivity index (χ3v) is 7.51. The minimum absolute atomic E-state index is 0.0376. The first-order valence-electron chi connectivity index (χ1n) is 13.6. The molecule has 2 fully saturated rings. The number of carbonyl (C=O) groups excluding carboxylic acids is 2. The van der Waals surface area contributed by atoms with Crippen molar-refractivity contribution in [3.05, 3.63) is 101 Å². The average Bonchev–Trinajstić information content (AvgIpc) is 3.23. The van der Waals surface area contributed by atoms with Crippen LogP contribution in [0.15, 0.2) is 78.4 Å². The van der Waals surface area contributed by atoms with Gasteiger partial charge in [0, 0.05) is 31.7 Å². The number of amides is 1. The third-order valence-electron chi connectivity index (χ3n) is 7.51. The highest BCUT2D eigenvalue weighted by Gasteiger charge is 2.45. The van der Waals surface area contributed by atoms with Crippen molar-refractivity contribution in [1.82, 2.24) is 9.80 Å². The van der Waals surface area contributed by atoms with Crippen molar-refractivity contribution in [2.24, 2.45) is 0 Å². The Balaban J connectivity index is 1.38. The van der Waals surface area contributed by atoms with E-state index in [0.29, 0.717) is 49.7 Å². The number of aryl methyl sites for hydroxylation is 1. The van der Waals surface area contributed by atoms with Crippen LogP contribution >= 0.6 is 0 Å². The topological polar surface area (TPSA) is 99.5 Å². The normalized spacial score (nSPS) is 19.2. The Morgan fingerprint density at radius 1 is 0.950 bits per heavy atom. The molecule has 3 aromatic rings. The molecule has 2 aliphatic heterocycles. The van der Waals surface area contributed by atoms with Crippen LogP contribution in [0.1, 0.15) is 34.7 Å². The molecule has 0 unspecified atom stereocenters. The predicted molar refractivity (Wildman–Crippen MR) is 151 cm³/mol. The Morgan fingerprint density at radius 2 is 1.65 bits per heavy atom. The van der Waals surface area contributed by atoms with Crippen molar-refractivity contribution in [2.45, 2.75) is 26.0 Å². The summed E-state index contributed by atoms with van der Waals surface area (Å²) in [4.78, 5) is 30.3. The van der Waals surface area contributed by atoms with E-state index in [9.17, 15) is 19.8 Å². The molecule has 8 nitrogen and oxygen atoms in total. The summed E-state index contributed by atoms with van der Waals surface area (Å²) in [6, 6.07) is 20.5. The molecule has 2 N–H and O–H groups in total. The van der Waals surface area contributed by atoms with Crippen LogP contribution in [-0.4, -0.2) is 71.1 Å². The zero-order valence-corrected chi connectivity index (χ0v) is 22.6. The first-order valence-corrected chi connectivity index (χ1v) is 13.6. The lowest BCUT2D eigenvalue weighted by Gasteiger charge is -2.29. The van der Waals surface area contributed by atoms with Crippen LogP contribution in [0.5, 0.6) is 11.5 Å². The van der Waals surface area contributed by atoms with Crippen LogP contribution in [-0.2, 0) is 20.9 Å². The van der Waals surface area contributed by atoms with E-state index < -0.39 is 17.7 Å². The summed E-state index contributed by atoms with van der Waals surface area (Å²) in [5.41, 5.74) is 3.31. The summed E-state index contributed by atoms with van der Waals surface area (Å²) in [5, 5.41) is 21.2. The number of hydrogen-bond donors (Lipinski definition) is 2. The fourth-order valence-electron chi connectivity index (χ4n) is 5.20. The number of Topliss-reactive ketones (excluding diaryl/α,β-unsaturated/α-hetero) is 1. The van der Waals surface area contributed by atoms with Gasteiger partial charge in [-0.1, -0.05) is 36.4 Å². The van der Waals surface area contributed by atoms with Gasteiger partial charge in [-0.3, -0.25) is 14.5 Å². The Bertz CT molecular complexity index is 1380. The highest BCUT2D eigenvalue weighted by molar-refractivity contribution is 6.46. The zero-order valence-electron chi connectivity index (χ0n) is 22.6. The number of benzene rings is 3. The number of morpholine rings is 1. The maximum absolute atomic E-state index is 13.3. The first kappa shape index (κ1) is 27.4. The minimum Gasteiger partial charge on any atom is -0.508 e. The molecule has 40 heavy (non-hydrogen) atoms. The van der Waals surface area contributed by atoms with Crippen LogP contribution in [0, 0.1) is 6.92 Å². The number of aliphatic hydroxyl groups excluding tert-OH is 1. The molecule has 2 aliphatic rings. The number of hydrogen-bond acceptors (Lipinski definition) is 7. The van der Waals surface area contributed by atoms with Crippen molar-refractivity contribution in [3.63, 3.8) is 0 Å². The number of aromatic hydroxyl groups is 1. The minimum atomic E-state index is -0.762. The fraction of sp³-hybridized carbons (Fsp3) is 0.312. The second-order valence-corrected chi connectivity index (χ2v) is 10.1. The molecule has 5 rings (SSSR count). The summed E-state index contributed by atoms with van der Waals surface area (Å²) in [6.45, 7) is 6.63. The van der Waals surface area contributed by atoms with E-state index in [4.69, 9.17) is 9.47 Å². The van der Waals surface area contributed by atoms with Crippen molar-refractivity contribution in [1.29, 1.82) is 0 Å². The van der Waals surface area contributed by atoms with E-state index in [0.717, 1.165) is 30.8 Å². The van der Waals surface area contributed by atoms with E-state index in [-0.39, 0.29) is 17.1 Å². The van der Waals surface area contributed by atoms with Gasteiger partial charge in [-0.05, 0) is 66.4 Å². The number of likely N-dealkylation sites (tertiary alicyclic amines) is 1. The quantitative estimate of drug-likeness (QED) is 0.235. The maximum atomic E-state index is 13.3. The lowest BCUT2D eigenvalue weighted by Crippen LogP contribution is -2.38. The van der Waals surface area contributed by atoms with Gasteiger partial charge in [0.15, 0.2) is 0 Å². The first-order chi connectivity index (χ1) is 19.4. The third kappa shape index (κ3) is 6.03. The van der Waals surface area contributed by atoms with Crippen LogP contribution in [0.4, 0.5) is 0 Å². The van der Waals surface area contributed by atoms with E-state index in [1.54, 1.807) is 36.4 Å². The maximum Gasteiger partial charge on any atom is 0.295 e. The predicted octanol–water partition coefficient (Wildman–Crippen LogP) is 4.42. The summed E-state index contributed by atoms with van der Waals surface area (Å²) in [5.74, 6) is -0.896. The monoisotopic (exact) mass is 542 g/mol. The number of nitrogens with zero attached hydrogens (tertiary/aromatic N) is 2. The Kier molecular flexibility index (Phi) is 8.48. The number of rotatable bonds is 9. The number of aliphatic hydroxyl groups is 1. The van der Waals surface area contributed by atoms with Gasteiger partial charge in [-0.15, -0.1) is 0 Å². The average molecular weight is 543 g/mol. The molecule has 0 aliphatic carbocycles. The van der Waals surface area contributed by atoms with Gasteiger partial charge in [0.2, 0.25) is 0 Å². The molecule has 0 aromatic heterocycles. The van der Waals surface area contributed by atoms with Crippen molar-refractivity contribution < 1.29 is 29.3 Å². The molecule has 0 saturated carbocycles. The van der Waals surface area contributed by atoms with Gasteiger partial charge >= 0.3 is 0 Å². The van der Waals surface area contributed by atoms with Crippen LogP contribution in [0.2, 0.25) is 0 Å². The molecular weight excluding hydrogens is 508 g/mol. The number of phenols is 1. The molecule has 0 spiro atoms. The standard InChI is InChI=1S/C32H34N2O6/c1-22-5-2-3-6-25(22)21-40-27-13-9-24(10-14-27)30(36)28-29(23-7-11-26(35)12-8-23)34(32(38)31(28)37)16-4-15-33-17-19-39-20-18-33/h2-3,5-14,29,35-36H,4,15-21H2,1H3/b30-28+/t29-/m1/s1. The Hall–Kier alpha value is -4.14. The number of ether oxygens (including phenoxy) is 2. The molecule has 208 valence electrons. The number of phenolic OH excluding ortho intramolecular Hbond substituents is 1. The van der Waals surface area contributed by atoms with Gasteiger partial charge in [0.25, 0.3) is 11.7 Å². The van der Waals surface area contributed by atoms with Gasteiger partial charge in [-0.2, -0.15) is 0 Å². The molecular formula is C32H34N2O6. The molecule has 1 amide bonds. The van der Waals surface area contributed by atoms with E-state index in [1.165, 1.54) is 17.0 Å². The number of ketones is 1. The van der Waals surface area contributed by atoms with Gasteiger partial charge in [0.05, 0.1) is 24.8 Å². The second kappa shape index (κ2) is 12.4. The summed E-state index contributed by atoms with van der Waals surface area (Å²) < 4.78 is 11.3.